The summed E-state index contributed by atoms with van der Waals surface area (Å²) in [5, 5.41) is 3.23. The van der Waals surface area contributed by atoms with Crippen LogP contribution < -0.4 is 14.8 Å². The van der Waals surface area contributed by atoms with Crippen molar-refractivity contribution in [3.63, 3.8) is 0 Å². The molecule has 0 bridgehead atoms. The molecule has 2 rings (SSSR count). The summed E-state index contributed by atoms with van der Waals surface area (Å²) >= 11 is 3.41. The number of pyridine rings is 1. The van der Waals surface area contributed by atoms with Crippen LogP contribution in [0.15, 0.2) is 47.1 Å². The standard InChI is InChI=1S/C16H19BrN2O2/c1-2-18-11-14-6-7-16(12-19-14)21-9-8-20-15-5-3-4-13(17)10-15/h3-7,10,12,18H,2,8-9,11H2,1H3. The van der Waals surface area contributed by atoms with Crippen LogP contribution in [0.5, 0.6) is 11.5 Å². The summed E-state index contributed by atoms with van der Waals surface area (Å²) in [4.78, 5) is 4.33. The van der Waals surface area contributed by atoms with E-state index < -0.39 is 0 Å². The minimum absolute atomic E-state index is 0.487. The molecular formula is C16H19BrN2O2. The molecular weight excluding hydrogens is 332 g/mol. The molecule has 2 aromatic rings. The number of ether oxygens (including phenoxy) is 2. The predicted octanol–water partition coefficient (Wildman–Crippen LogP) is 3.41. The van der Waals surface area contributed by atoms with E-state index in [9.17, 15) is 0 Å². The number of nitrogens with one attached hydrogen (secondary N) is 1. The molecule has 0 spiro atoms. The first-order chi connectivity index (χ1) is 10.3. The van der Waals surface area contributed by atoms with Gasteiger partial charge in [0.05, 0.1) is 11.9 Å². The maximum Gasteiger partial charge on any atom is 0.137 e. The van der Waals surface area contributed by atoms with Gasteiger partial charge in [0.2, 0.25) is 0 Å². The molecule has 0 amide bonds. The van der Waals surface area contributed by atoms with E-state index in [2.05, 4.69) is 33.2 Å². The highest BCUT2D eigenvalue weighted by molar-refractivity contribution is 9.10. The highest BCUT2D eigenvalue weighted by Crippen LogP contribution is 2.17. The third kappa shape index (κ3) is 5.73. The molecule has 1 aromatic carbocycles. The van der Waals surface area contributed by atoms with Crippen LogP contribution in [0.25, 0.3) is 0 Å². The van der Waals surface area contributed by atoms with Crippen molar-refractivity contribution < 1.29 is 9.47 Å². The Morgan fingerprint density at radius 3 is 2.57 bits per heavy atom. The third-order valence-electron chi connectivity index (χ3n) is 2.77. The highest BCUT2D eigenvalue weighted by Gasteiger charge is 1.98. The van der Waals surface area contributed by atoms with Gasteiger partial charge in [-0.15, -0.1) is 0 Å². The Balaban J connectivity index is 1.71. The molecule has 0 fully saturated rings. The van der Waals surface area contributed by atoms with E-state index in [1.807, 2.05) is 36.4 Å². The monoisotopic (exact) mass is 350 g/mol. The molecule has 4 nitrogen and oxygen atoms in total. The van der Waals surface area contributed by atoms with Crippen molar-refractivity contribution in [3.8, 4) is 11.5 Å². The van der Waals surface area contributed by atoms with E-state index in [1.165, 1.54) is 0 Å². The number of halogens is 1. The van der Waals surface area contributed by atoms with Gasteiger partial charge in [-0.2, -0.15) is 0 Å². The molecule has 0 saturated heterocycles. The van der Waals surface area contributed by atoms with Crippen LogP contribution in [-0.4, -0.2) is 24.7 Å². The van der Waals surface area contributed by atoms with Crippen LogP contribution in [0.1, 0.15) is 12.6 Å². The smallest absolute Gasteiger partial charge is 0.137 e. The van der Waals surface area contributed by atoms with E-state index in [-0.39, 0.29) is 0 Å². The molecule has 1 heterocycles. The summed E-state index contributed by atoms with van der Waals surface area (Å²) in [6.07, 6.45) is 1.74. The summed E-state index contributed by atoms with van der Waals surface area (Å²) in [7, 11) is 0. The van der Waals surface area contributed by atoms with Crippen LogP contribution in [-0.2, 0) is 6.54 Å². The Hall–Kier alpha value is -1.59. The largest absolute Gasteiger partial charge is 0.490 e. The summed E-state index contributed by atoms with van der Waals surface area (Å²) in [6, 6.07) is 11.6. The molecule has 1 aromatic heterocycles. The molecule has 21 heavy (non-hydrogen) atoms. The van der Waals surface area contributed by atoms with Gasteiger partial charge in [-0.3, -0.25) is 4.98 Å². The quantitative estimate of drug-likeness (QED) is 0.741. The Bertz CT molecular complexity index is 546. The zero-order valence-electron chi connectivity index (χ0n) is 12.0. The third-order valence-corrected chi connectivity index (χ3v) is 3.26. The zero-order chi connectivity index (χ0) is 14.9. The normalized spacial score (nSPS) is 10.4. The van der Waals surface area contributed by atoms with Gasteiger partial charge in [0.15, 0.2) is 0 Å². The predicted molar refractivity (Wildman–Crippen MR) is 86.7 cm³/mol. The number of hydrogen-bond acceptors (Lipinski definition) is 4. The second kappa shape index (κ2) is 8.64. The lowest BCUT2D eigenvalue weighted by Gasteiger charge is -2.09. The lowest BCUT2D eigenvalue weighted by molar-refractivity contribution is 0.216. The molecule has 112 valence electrons. The molecule has 0 aliphatic rings. The Labute approximate surface area is 133 Å². The fourth-order valence-corrected chi connectivity index (χ4v) is 2.11. The average Bonchev–Trinajstić information content (AvgIpc) is 2.51. The van der Waals surface area contributed by atoms with Crippen molar-refractivity contribution in [2.45, 2.75) is 13.5 Å². The van der Waals surface area contributed by atoms with Crippen LogP contribution >= 0.6 is 15.9 Å². The Morgan fingerprint density at radius 1 is 1.10 bits per heavy atom. The van der Waals surface area contributed by atoms with Crippen molar-refractivity contribution >= 4 is 15.9 Å². The van der Waals surface area contributed by atoms with Crippen molar-refractivity contribution in [2.75, 3.05) is 19.8 Å². The van der Waals surface area contributed by atoms with Crippen molar-refractivity contribution in [1.29, 1.82) is 0 Å². The fourth-order valence-electron chi connectivity index (χ4n) is 1.73. The summed E-state index contributed by atoms with van der Waals surface area (Å²) in [5.41, 5.74) is 1.01. The number of rotatable bonds is 8. The number of benzene rings is 1. The van der Waals surface area contributed by atoms with E-state index in [0.29, 0.717) is 13.2 Å². The number of aromatic nitrogens is 1. The van der Waals surface area contributed by atoms with Crippen LogP contribution in [0.3, 0.4) is 0 Å². The first kappa shape index (κ1) is 15.8. The molecule has 0 radical (unpaired) electrons. The minimum Gasteiger partial charge on any atom is -0.490 e. The van der Waals surface area contributed by atoms with Gasteiger partial charge < -0.3 is 14.8 Å². The lowest BCUT2D eigenvalue weighted by atomic mass is 10.3. The lowest BCUT2D eigenvalue weighted by Crippen LogP contribution is -2.13. The van der Waals surface area contributed by atoms with E-state index in [0.717, 1.165) is 34.8 Å². The molecule has 1 N–H and O–H groups in total. The van der Waals surface area contributed by atoms with Crippen molar-refractivity contribution in [1.82, 2.24) is 10.3 Å². The molecule has 0 unspecified atom stereocenters. The first-order valence-electron chi connectivity index (χ1n) is 6.94. The maximum atomic E-state index is 5.60. The Kier molecular flexibility index (Phi) is 6.50. The maximum absolute atomic E-state index is 5.60. The average molecular weight is 351 g/mol. The summed E-state index contributed by atoms with van der Waals surface area (Å²) < 4.78 is 12.2. The number of hydrogen-bond donors (Lipinski definition) is 1. The molecule has 5 heteroatoms. The van der Waals surface area contributed by atoms with Crippen LogP contribution in [0.4, 0.5) is 0 Å². The zero-order valence-corrected chi connectivity index (χ0v) is 13.6. The number of nitrogens with zero attached hydrogens (tertiary/aromatic N) is 1. The van der Waals surface area contributed by atoms with E-state index in [1.54, 1.807) is 6.20 Å². The Morgan fingerprint density at radius 2 is 1.90 bits per heavy atom. The van der Waals surface area contributed by atoms with Gasteiger partial charge in [0.1, 0.15) is 24.7 Å². The highest BCUT2D eigenvalue weighted by atomic mass is 79.9. The van der Waals surface area contributed by atoms with E-state index in [4.69, 9.17) is 9.47 Å². The topological polar surface area (TPSA) is 43.4 Å². The van der Waals surface area contributed by atoms with E-state index >= 15 is 0 Å². The molecule has 0 saturated carbocycles. The minimum atomic E-state index is 0.487. The van der Waals surface area contributed by atoms with Gasteiger partial charge in [-0.25, -0.2) is 0 Å². The van der Waals surface area contributed by atoms with Gasteiger partial charge in [0.25, 0.3) is 0 Å². The first-order valence-corrected chi connectivity index (χ1v) is 7.74. The second-order valence-electron chi connectivity index (χ2n) is 4.42. The molecule has 0 aliphatic carbocycles. The SMILES string of the molecule is CCNCc1ccc(OCCOc2cccc(Br)c2)cn1. The van der Waals surface area contributed by atoms with Crippen LogP contribution in [0, 0.1) is 0 Å². The van der Waals surface area contributed by atoms with Gasteiger partial charge in [0, 0.05) is 11.0 Å². The molecule has 0 atom stereocenters. The summed E-state index contributed by atoms with van der Waals surface area (Å²) in [6.45, 7) is 4.77. The van der Waals surface area contributed by atoms with Crippen LogP contribution in [0.2, 0.25) is 0 Å². The fraction of sp³-hybridized carbons (Fsp3) is 0.312. The van der Waals surface area contributed by atoms with Crippen molar-refractivity contribution in [2.24, 2.45) is 0 Å². The molecule has 0 aliphatic heterocycles. The van der Waals surface area contributed by atoms with Gasteiger partial charge in [-0.05, 0) is 36.9 Å². The summed E-state index contributed by atoms with van der Waals surface area (Å²) in [5.74, 6) is 1.58. The van der Waals surface area contributed by atoms with Gasteiger partial charge >= 0.3 is 0 Å². The second-order valence-corrected chi connectivity index (χ2v) is 5.34. The van der Waals surface area contributed by atoms with Crippen molar-refractivity contribution in [3.05, 3.63) is 52.8 Å². The van der Waals surface area contributed by atoms with Gasteiger partial charge in [-0.1, -0.05) is 28.9 Å².